The van der Waals surface area contributed by atoms with Crippen molar-refractivity contribution in [3.63, 3.8) is 0 Å². The minimum absolute atomic E-state index is 0.100. The maximum absolute atomic E-state index is 12.5. The Balaban J connectivity index is 1.65. The van der Waals surface area contributed by atoms with Gasteiger partial charge in [-0.05, 0) is 31.9 Å². The lowest BCUT2D eigenvalue weighted by Crippen LogP contribution is -2.17. The van der Waals surface area contributed by atoms with E-state index in [0.717, 1.165) is 17.0 Å². The normalized spacial score (nSPS) is 18.4. The van der Waals surface area contributed by atoms with Gasteiger partial charge in [-0.3, -0.25) is 9.59 Å². The van der Waals surface area contributed by atoms with Gasteiger partial charge in [-0.15, -0.1) is 0 Å². The molecule has 3 rings (SSSR count). The van der Waals surface area contributed by atoms with Crippen LogP contribution in [0.1, 0.15) is 39.8 Å². The number of Topliss-reactive ketones (excluding diaryl/α,β-unsaturated/α-hetero) is 1. The van der Waals surface area contributed by atoms with Crippen molar-refractivity contribution in [1.82, 2.24) is 4.57 Å². The molecule has 0 bridgehead atoms. The highest BCUT2D eigenvalue weighted by atomic mass is 32.2. The number of hydrogen-bond donors (Lipinski definition) is 0. The Morgan fingerprint density at radius 1 is 1.19 bits per heavy atom. The lowest BCUT2D eigenvalue weighted by Gasteiger charge is -2.16. The van der Waals surface area contributed by atoms with Crippen molar-refractivity contribution in [3.05, 3.63) is 58.9 Å². The summed E-state index contributed by atoms with van der Waals surface area (Å²) < 4.78 is 30.6. The molecule has 2 aromatic rings. The number of ketones is 1. The maximum atomic E-state index is 12.5. The van der Waals surface area contributed by atoms with E-state index in [-0.39, 0.29) is 36.4 Å². The summed E-state index contributed by atoms with van der Waals surface area (Å²) in [5.41, 5.74) is 2.87. The number of aromatic nitrogens is 1. The number of sulfone groups is 1. The minimum atomic E-state index is -3.01. The van der Waals surface area contributed by atoms with Crippen molar-refractivity contribution >= 4 is 21.6 Å². The largest absolute Gasteiger partial charge is 0.457 e. The van der Waals surface area contributed by atoms with Crippen LogP contribution in [0.4, 0.5) is 0 Å². The van der Waals surface area contributed by atoms with Crippen molar-refractivity contribution in [2.45, 2.75) is 32.7 Å². The van der Waals surface area contributed by atoms with Gasteiger partial charge in [0.05, 0.1) is 17.9 Å². The zero-order valence-corrected chi connectivity index (χ0v) is 16.3. The smallest absolute Gasteiger partial charge is 0.310 e. The molecule has 7 heteroatoms. The van der Waals surface area contributed by atoms with Crippen LogP contribution in [0.15, 0.2) is 36.4 Å². The first-order valence-electron chi connectivity index (χ1n) is 8.88. The number of nitrogens with zero attached hydrogens (tertiary/aromatic N) is 1. The van der Waals surface area contributed by atoms with Gasteiger partial charge in [0.25, 0.3) is 0 Å². The lowest BCUT2D eigenvalue weighted by atomic mass is 10.1. The highest BCUT2D eigenvalue weighted by molar-refractivity contribution is 7.91. The summed E-state index contributed by atoms with van der Waals surface area (Å²) in [5.74, 6) is -0.458. The van der Waals surface area contributed by atoms with Gasteiger partial charge in [-0.1, -0.05) is 30.3 Å². The summed E-state index contributed by atoms with van der Waals surface area (Å²) in [5, 5.41) is 0. The van der Waals surface area contributed by atoms with E-state index in [2.05, 4.69) is 0 Å². The molecule has 0 aliphatic carbocycles. The van der Waals surface area contributed by atoms with E-state index >= 15 is 0 Å². The van der Waals surface area contributed by atoms with Crippen molar-refractivity contribution in [3.8, 4) is 0 Å². The van der Waals surface area contributed by atoms with Crippen LogP contribution >= 0.6 is 0 Å². The van der Waals surface area contributed by atoms with Gasteiger partial charge in [0, 0.05) is 23.0 Å². The van der Waals surface area contributed by atoms with Crippen molar-refractivity contribution in [1.29, 1.82) is 0 Å². The number of benzene rings is 1. The van der Waals surface area contributed by atoms with Crippen LogP contribution < -0.4 is 0 Å². The number of aryl methyl sites for hydroxylation is 1. The minimum Gasteiger partial charge on any atom is -0.457 e. The summed E-state index contributed by atoms with van der Waals surface area (Å²) in [4.78, 5) is 24.5. The van der Waals surface area contributed by atoms with Gasteiger partial charge in [-0.2, -0.15) is 0 Å². The van der Waals surface area contributed by atoms with Crippen LogP contribution in [0.25, 0.3) is 0 Å². The van der Waals surface area contributed by atoms with Gasteiger partial charge in [0.2, 0.25) is 5.78 Å². The SMILES string of the molecule is Cc1cc(C(=O)COC(=O)Cc2ccccc2)c(C)n1C1CCS(=O)(=O)C1. The second-order valence-electron chi connectivity index (χ2n) is 6.96. The third-order valence-electron chi connectivity index (χ3n) is 4.91. The second kappa shape index (κ2) is 7.68. The van der Waals surface area contributed by atoms with Crippen LogP contribution in [0.3, 0.4) is 0 Å². The first-order chi connectivity index (χ1) is 12.8. The van der Waals surface area contributed by atoms with E-state index in [4.69, 9.17) is 4.74 Å². The van der Waals surface area contributed by atoms with Gasteiger partial charge in [0.15, 0.2) is 16.4 Å². The molecule has 1 unspecified atom stereocenters. The summed E-state index contributed by atoms with van der Waals surface area (Å²) >= 11 is 0. The lowest BCUT2D eigenvalue weighted by molar-refractivity contribution is -0.141. The van der Waals surface area contributed by atoms with E-state index in [9.17, 15) is 18.0 Å². The molecule has 144 valence electrons. The molecule has 1 aliphatic heterocycles. The van der Waals surface area contributed by atoms with Gasteiger partial charge in [0.1, 0.15) is 0 Å². The molecule has 0 amide bonds. The third-order valence-corrected chi connectivity index (χ3v) is 6.66. The van der Waals surface area contributed by atoms with Crippen molar-refractivity contribution in [2.75, 3.05) is 18.1 Å². The molecule has 1 saturated heterocycles. The Hall–Kier alpha value is -2.41. The van der Waals surface area contributed by atoms with Gasteiger partial charge >= 0.3 is 5.97 Å². The maximum Gasteiger partial charge on any atom is 0.310 e. The average Bonchev–Trinajstić information content (AvgIpc) is 3.12. The number of carbonyl (C=O) groups excluding carboxylic acids is 2. The molecule has 27 heavy (non-hydrogen) atoms. The molecule has 0 saturated carbocycles. The molecular formula is C20H23NO5S. The summed E-state index contributed by atoms with van der Waals surface area (Å²) in [6, 6.07) is 10.8. The van der Waals surface area contributed by atoms with E-state index < -0.39 is 15.8 Å². The van der Waals surface area contributed by atoms with Crippen molar-refractivity contribution < 1.29 is 22.7 Å². The Labute approximate surface area is 159 Å². The molecular weight excluding hydrogens is 366 g/mol. The molecule has 1 aliphatic rings. The first kappa shape index (κ1) is 19.4. The van der Waals surface area contributed by atoms with Gasteiger partial charge in [-0.25, -0.2) is 8.42 Å². The molecule has 0 radical (unpaired) electrons. The standard InChI is InChI=1S/C20H23NO5S/c1-14-10-18(15(2)21(14)17-8-9-27(24,25)13-17)19(22)12-26-20(23)11-16-6-4-3-5-7-16/h3-7,10,17H,8-9,11-13H2,1-2H3. The second-order valence-corrected chi connectivity index (χ2v) is 9.19. The predicted octanol–water partition coefficient (Wildman–Crippen LogP) is 2.43. The van der Waals surface area contributed by atoms with Crippen LogP contribution in [0.5, 0.6) is 0 Å². The van der Waals surface area contributed by atoms with E-state index in [1.165, 1.54) is 0 Å². The third kappa shape index (κ3) is 4.47. The Morgan fingerprint density at radius 2 is 1.89 bits per heavy atom. The Morgan fingerprint density at radius 3 is 2.52 bits per heavy atom. The molecule has 0 spiro atoms. The molecule has 6 nitrogen and oxygen atoms in total. The van der Waals surface area contributed by atoms with Crippen LogP contribution in [0, 0.1) is 13.8 Å². The zero-order valence-electron chi connectivity index (χ0n) is 15.5. The van der Waals surface area contributed by atoms with E-state index in [0.29, 0.717) is 12.0 Å². The number of esters is 1. The molecule has 1 aromatic carbocycles. The fourth-order valence-corrected chi connectivity index (χ4v) is 5.34. The number of hydrogen-bond acceptors (Lipinski definition) is 5. The highest BCUT2D eigenvalue weighted by Crippen LogP contribution is 2.29. The zero-order chi connectivity index (χ0) is 19.6. The van der Waals surface area contributed by atoms with Crippen molar-refractivity contribution in [2.24, 2.45) is 0 Å². The average molecular weight is 389 g/mol. The summed E-state index contributed by atoms with van der Waals surface area (Å²) in [6.07, 6.45) is 0.672. The topological polar surface area (TPSA) is 82.4 Å². The van der Waals surface area contributed by atoms with E-state index in [1.54, 1.807) is 13.0 Å². The summed E-state index contributed by atoms with van der Waals surface area (Å²) in [7, 11) is -3.01. The van der Waals surface area contributed by atoms with Gasteiger partial charge < -0.3 is 9.30 Å². The fraction of sp³-hybridized carbons (Fsp3) is 0.400. The quantitative estimate of drug-likeness (QED) is 0.560. The van der Waals surface area contributed by atoms with Crippen LogP contribution in [-0.4, -0.2) is 42.9 Å². The first-order valence-corrected chi connectivity index (χ1v) is 10.7. The molecule has 2 heterocycles. The molecule has 0 N–H and O–H groups in total. The number of carbonyl (C=O) groups is 2. The molecule has 1 atom stereocenters. The molecule has 1 aromatic heterocycles. The fourth-order valence-electron chi connectivity index (χ4n) is 3.64. The monoisotopic (exact) mass is 389 g/mol. The van der Waals surface area contributed by atoms with Crippen LogP contribution in [-0.2, 0) is 25.8 Å². The number of ether oxygens (including phenoxy) is 1. The number of rotatable bonds is 6. The van der Waals surface area contributed by atoms with Crippen LogP contribution in [0.2, 0.25) is 0 Å². The van der Waals surface area contributed by atoms with E-state index in [1.807, 2.05) is 41.8 Å². The summed E-state index contributed by atoms with van der Waals surface area (Å²) in [6.45, 7) is 3.34. The predicted molar refractivity (Wildman–Crippen MR) is 102 cm³/mol. The molecule has 1 fully saturated rings. The Kier molecular flexibility index (Phi) is 5.51. The highest BCUT2D eigenvalue weighted by Gasteiger charge is 2.31. The Bertz CT molecular complexity index is 960.